The van der Waals surface area contributed by atoms with Crippen molar-refractivity contribution < 1.29 is 18.3 Å². The Balaban J connectivity index is 1.76. The van der Waals surface area contributed by atoms with Crippen LogP contribution in [0.25, 0.3) is 0 Å². The largest absolute Gasteiger partial charge is 0.393 e. The highest BCUT2D eigenvalue weighted by Gasteiger charge is 2.42. The van der Waals surface area contributed by atoms with E-state index in [9.17, 15) is 18.3 Å². The molecule has 1 aliphatic rings. The van der Waals surface area contributed by atoms with E-state index in [0.717, 1.165) is 12.0 Å². The summed E-state index contributed by atoms with van der Waals surface area (Å²) in [6, 6.07) is 9.87. The first-order valence-corrected chi connectivity index (χ1v) is 7.25. The van der Waals surface area contributed by atoms with Crippen LogP contribution in [-0.4, -0.2) is 17.4 Å². The standard InChI is InChI=1S/C16H21F3O/c17-16(18,19)14-9-7-13(8-10-14)15(20)11-6-12-4-2-1-3-5-12/h1-5,13-15,20H,6-11H2. The summed E-state index contributed by atoms with van der Waals surface area (Å²) in [4.78, 5) is 0. The monoisotopic (exact) mass is 286 g/mol. The first kappa shape index (κ1) is 15.4. The zero-order chi connectivity index (χ0) is 14.6. The molecule has 2 rings (SSSR count). The Bertz CT molecular complexity index is 394. The van der Waals surface area contributed by atoms with Crippen molar-refractivity contribution in [3.8, 4) is 0 Å². The van der Waals surface area contributed by atoms with Gasteiger partial charge in [0.1, 0.15) is 0 Å². The van der Waals surface area contributed by atoms with Crippen LogP contribution in [0.1, 0.15) is 37.7 Å². The Morgan fingerprint density at radius 1 is 1.05 bits per heavy atom. The second-order valence-corrected chi connectivity index (χ2v) is 5.74. The second kappa shape index (κ2) is 6.61. The van der Waals surface area contributed by atoms with Gasteiger partial charge in [0.15, 0.2) is 0 Å². The fourth-order valence-corrected chi connectivity index (χ4v) is 3.03. The molecule has 0 radical (unpaired) electrons. The van der Waals surface area contributed by atoms with Gasteiger partial charge in [-0.25, -0.2) is 0 Å². The third-order valence-electron chi connectivity index (χ3n) is 4.35. The van der Waals surface area contributed by atoms with Gasteiger partial charge in [0, 0.05) is 0 Å². The maximum atomic E-state index is 12.6. The molecule has 0 heterocycles. The van der Waals surface area contributed by atoms with Crippen molar-refractivity contribution in [3.63, 3.8) is 0 Å². The Hall–Kier alpha value is -1.03. The van der Waals surface area contributed by atoms with E-state index >= 15 is 0 Å². The van der Waals surface area contributed by atoms with E-state index in [1.165, 1.54) is 0 Å². The van der Waals surface area contributed by atoms with E-state index < -0.39 is 18.2 Å². The minimum atomic E-state index is -4.07. The van der Waals surface area contributed by atoms with Gasteiger partial charge in [0.05, 0.1) is 12.0 Å². The number of hydrogen-bond acceptors (Lipinski definition) is 1. The second-order valence-electron chi connectivity index (χ2n) is 5.74. The van der Waals surface area contributed by atoms with Gasteiger partial charge in [0.2, 0.25) is 0 Å². The number of aryl methyl sites for hydroxylation is 1. The molecule has 1 nitrogen and oxygen atoms in total. The molecule has 1 aromatic carbocycles. The number of halogens is 3. The summed E-state index contributed by atoms with van der Waals surface area (Å²) >= 11 is 0. The minimum absolute atomic E-state index is 0.0253. The molecule has 1 unspecified atom stereocenters. The molecule has 0 bridgehead atoms. The predicted molar refractivity (Wildman–Crippen MR) is 72.3 cm³/mol. The number of alkyl halides is 3. The molecule has 0 spiro atoms. The van der Waals surface area contributed by atoms with E-state index in [-0.39, 0.29) is 18.8 Å². The predicted octanol–water partition coefficient (Wildman–Crippen LogP) is 4.35. The van der Waals surface area contributed by atoms with Crippen LogP contribution in [-0.2, 0) is 6.42 Å². The quantitative estimate of drug-likeness (QED) is 0.872. The van der Waals surface area contributed by atoms with E-state index in [4.69, 9.17) is 0 Å². The van der Waals surface area contributed by atoms with Gasteiger partial charge in [-0.05, 0) is 50.0 Å². The van der Waals surface area contributed by atoms with Crippen molar-refractivity contribution in [2.75, 3.05) is 0 Å². The van der Waals surface area contributed by atoms with Gasteiger partial charge in [-0.1, -0.05) is 30.3 Å². The van der Waals surface area contributed by atoms with Gasteiger partial charge < -0.3 is 5.11 Å². The number of aliphatic hydroxyl groups excluding tert-OH is 1. The number of rotatable bonds is 4. The molecule has 0 saturated heterocycles. The highest BCUT2D eigenvalue weighted by Crippen LogP contribution is 2.40. The molecule has 1 N–H and O–H groups in total. The van der Waals surface area contributed by atoms with Crippen LogP contribution in [0.3, 0.4) is 0 Å². The molecule has 1 aliphatic carbocycles. The van der Waals surface area contributed by atoms with Crippen LogP contribution >= 0.6 is 0 Å². The third kappa shape index (κ3) is 4.23. The highest BCUT2D eigenvalue weighted by atomic mass is 19.4. The van der Waals surface area contributed by atoms with Crippen LogP contribution in [0, 0.1) is 11.8 Å². The lowest BCUT2D eigenvalue weighted by Crippen LogP contribution is -2.32. The summed E-state index contributed by atoms with van der Waals surface area (Å²) in [6.07, 6.45) is -1.84. The topological polar surface area (TPSA) is 20.2 Å². The lowest BCUT2D eigenvalue weighted by molar-refractivity contribution is -0.185. The zero-order valence-corrected chi connectivity index (χ0v) is 11.4. The highest BCUT2D eigenvalue weighted by molar-refractivity contribution is 5.14. The van der Waals surface area contributed by atoms with E-state index in [1.54, 1.807) is 0 Å². The Morgan fingerprint density at radius 2 is 1.65 bits per heavy atom. The molecular formula is C16H21F3O. The van der Waals surface area contributed by atoms with Gasteiger partial charge >= 0.3 is 6.18 Å². The maximum absolute atomic E-state index is 12.6. The summed E-state index contributed by atoms with van der Waals surface area (Å²) < 4.78 is 37.7. The van der Waals surface area contributed by atoms with Gasteiger partial charge in [-0.15, -0.1) is 0 Å². The summed E-state index contributed by atoms with van der Waals surface area (Å²) in [5.41, 5.74) is 1.16. The lowest BCUT2D eigenvalue weighted by atomic mass is 9.78. The van der Waals surface area contributed by atoms with Crippen molar-refractivity contribution in [2.24, 2.45) is 11.8 Å². The van der Waals surface area contributed by atoms with Crippen LogP contribution in [0.5, 0.6) is 0 Å². The molecule has 0 amide bonds. The number of hydrogen-bond donors (Lipinski definition) is 1. The Kier molecular flexibility index (Phi) is 5.08. The molecule has 0 aliphatic heterocycles. The van der Waals surface area contributed by atoms with E-state index in [0.29, 0.717) is 19.3 Å². The fraction of sp³-hybridized carbons (Fsp3) is 0.625. The smallest absolute Gasteiger partial charge is 0.391 e. The minimum Gasteiger partial charge on any atom is -0.393 e. The summed E-state index contributed by atoms with van der Waals surface area (Å²) in [7, 11) is 0. The normalized spacial score (nSPS) is 25.4. The zero-order valence-electron chi connectivity index (χ0n) is 11.4. The average Bonchev–Trinajstić information content (AvgIpc) is 2.45. The summed E-state index contributed by atoms with van der Waals surface area (Å²) in [5, 5.41) is 10.1. The molecule has 1 atom stereocenters. The molecule has 20 heavy (non-hydrogen) atoms. The van der Waals surface area contributed by atoms with Crippen LogP contribution < -0.4 is 0 Å². The Morgan fingerprint density at radius 3 is 2.20 bits per heavy atom. The van der Waals surface area contributed by atoms with E-state index in [1.807, 2.05) is 30.3 Å². The van der Waals surface area contributed by atoms with Crippen molar-refractivity contribution >= 4 is 0 Å². The fourth-order valence-electron chi connectivity index (χ4n) is 3.03. The molecule has 4 heteroatoms. The summed E-state index contributed by atoms with van der Waals surface area (Å²) in [5.74, 6) is -1.14. The molecule has 1 saturated carbocycles. The number of benzene rings is 1. The van der Waals surface area contributed by atoms with Crippen molar-refractivity contribution in [2.45, 2.75) is 50.8 Å². The van der Waals surface area contributed by atoms with E-state index in [2.05, 4.69) is 0 Å². The lowest BCUT2D eigenvalue weighted by Gasteiger charge is -2.32. The average molecular weight is 286 g/mol. The molecular weight excluding hydrogens is 265 g/mol. The van der Waals surface area contributed by atoms with Gasteiger partial charge in [0.25, 0.3) is 0 Å². The van der Waals surface area contributed by atoms with Crippen LogP contribution in [0.2, 0.25) is 0 Å². The van der Waals surface area contributed by atoms with Crippen molar-refractivity contribution in [1.29, 1.82) is 0 Å². The first-order chi connectivity index (χ1) is 9.47. The van der Waals surface area contributed by atoms with Crippen LogP contribution in [0.4, 0.5) is 13.2 Å². The Labute approximate surface area is 117 Å². The SMILES string of the molecule is OC(CCc1ccccc1)C1CCC(C(F)(F)F)CC1. The van der Waals surface area contributed by atoms with Crippen molar-refractivity contribution in [1.82, 2.24) is 0 Å². The van der Waals surface area contributed by atoms with Gasteiger partial charge in [-0.3, -0.25) is 0 Å². The van der Waals surface area contributed by atoms with Crippen LogP contribution in [0.15, 0.2) is 30.3 Å². The summed E-state index contributed by atoms with van der Waals surface area (Å²) in [6.45, 7) is 0. The number of aliphatic hydroxyl groups is 1. The van der Waals surface area contributed by atoms with Gasteiger partial charge in [-0.2, -0.15) is 13.2 Å². The maximum Gasteiger partial charge on any atom is 0.391 e. The van der Waals surface area contributed by atoms with Crippen molar-refractivity contribution in [3.05, 3.63) is 35.9 Å². The molecule has 112 valence electrons. The first-order valence-electron chi connectivity index (χ1n) is 7.25. The molecule has 1 aromatic rings. The third-order valence-corrected chi connectivity index (χ3v) is 4.35. The molecule has 1 fully saturated rings. The molecule has 0 aromatic heterocycles.